The quantitative estimate of drug-likeness (QED) is 0.561. The van der Waals surface area contributed by atoms with Crippen LogP contribution in [0.3, 0.4) is 0 Å². The summed E-state index contributed by atoms with van der Waals surface area (Å²) in [6, 6.07) is 0. The molecule has 1 fully saturated rings. The first-order valence-corrected chi connectivity index (χ1v) is 11.2. The summed E-state index contributed by atoms with van der Waals surface area (Å²) in [4.78, 5) is 6.61. The second-order valence-corrected chi connectivity index (χ2v) is 10.7. The van der Waals surface area contributed by atoms with Gasteiger partial charge < -0.3 is 10.2 Å². The number of guanidine groups is 1. The van der Waals surface area contributed by atoms with Crippen LogP contribution in [0.15, 0.2) is 4.99 Å². The smallest absolute Gasteiger partial charge is 0.193 e. The van der Waals surface area contributed by atoms with E-state index in [1.165, 1.54) is 31.9 Å². The van der Waals surface area contributed by atoms with Gasteiger partial charge in [0.05, 0.1) is 5.75 Å². The fourth-order valence-electron chi connectivity index (χ4n) is 3.24. The minimum Gasteiger partial charge on any atom is -0.356 e. The third kappa shape index (κ3) is 8.36. The predicted molar refractivity (Wildman–Crippen MR) is 103 cm³/mol. The lowest BCUT2D eigenvalue weighted by molar-refractivity contribution is 0.248. The van der Waals surface area contributed by atoms with Crippen LogP contribution in [0.2, 0.25) is 0 Å². The average molecular weight is 360 g/mol. The normalized spacial score (nSPS) is 23.2. The Kier molecular flexibility index (Phi) is 8.03. The first kappa shape index (κ1) is 21.3. The van der Waals surface area contributed by atoms with Crippen molar-refractivity contribution in [2.45, 2.75) is 52.9 Å². The molecule has 0 spiro atoms. The zero-order valence-electron chi connectivity index (χ0n) is 16.4. The molecule has 0 radical (unpaired) electrons. The summed E-state index contributed by atoms with van der Waals surface area (Å²) >= 11 is 0. The monoisotopic (exact) mass is 359 g/mol. The Morgan fingerprint density at radius 3 is 2.33 bits per heavy atom. The molecular formula is C18H37N3O2S. The Morgan fingerprint density at radius 1 is 1.25 bits per heavy atom. The van der Waals surface area contributed by atoms with E-state index in [1.807, 2.05) is 7.05 Å². The van der Waals surface area contributed by atoms with Crippen molar-refractivity contribution in [3.63, 3.8) is 0 Å². The molecular weight excluding hydrogens is 322 g/mol. The Bertz CT molecular complexity index is 506. The van der Waals surface area contributed by atoms with Crippen molar-refractivity contribution in [3.05, 3.63) is 0 Å². The Morgan fingerprint density at radius 2 is 1.83 bits per heavy atom. The Hall–Kier alpha value is -0.780. The highest BCUT2D eigenvalue weighted by atomic mass is 32.2. The van der Waals surface area contributed by atoms with Crippen LogP contribution < -0.4 is 5.32 Å². The molecule has 1 aliphatic rings. The molecule has 0 bridgehead atoms. The maximum atomic E-state index is 11.4. The van der Waals surface area contributed by atoms with Crippen LogP contribution >= 0.6 is 0 Å². The summed E-state index contributed by atoms with van der Waals surface area (Å²) in [5.74, 6) is 2.76. The number of hydrogen-bond donors (Lipinski definition) is 1. The summed E-state index contributed by atoms with van der Waals surface area (Å²) in [6.07, 6.45) is 7.24. The molecule has 0 aromatic carbocycles. The lowest BCUT2D eigenvalue weighted by Crippen LogP contribution is -2.45. The molecule has 5 nitrogen and oxygen atoms in total. The summed E-state index contributed by atoms with van der Waals surface area (Å²) in [6.45, 7) is 8.30. The first-order chi connectivity index (χ1) is 11.0. The fourth-order valence-corrected chi connectivity index (χ4v) is 4.16. The molecule has 0 aromatic heterocycles. The maximum Gasteiger partial charge on any atom is 0.193 e. The van der Waals surface area contributed by atoms with E-state index in [2.05, 4.69) is 43.0 Å². The van der Waals surface area contributed by atoms with Gasteiger partial charge >= 0.3 is 0 Å². The van der Waals surface area contributed by atoms with Gasteiger partial charge in [-0.25, -0.2) is 8.42 Å². The number of rotatable bonds is 7. The van der Waals surface area contributed by atoms with Crippen LogP contribution in [0.25, 0.3) is 0 Å². The van der Waals surface area contributed by atoms with E-state index in [9.17, 15) is 8.42 Å². The molecule has 1 rings (SSSR count). The van der Waals surface area contributed by atoms with Crippen LogP contribution in [0.1, 0.15) is 52.9 Å². The highest BCUT2D eigenvalue weighted by molar-refractivity contribution is 7.90. The molecule has 1 saturated carbocycles. The van der Waals surface area contributed by atoms with Crippen LogP contribution in [0.4, 0.5) is 0 Å². The van der Waals surface area contributed by atoms with Gasteiger partial charge in [0, 0.05) is 33.4 Å². The Labute approximate surface area is 149 Å². The third-order valence-corrected chi connectivity index (χ3v) is 6.06. The van der Waals surface area contributed by atoms with Crippen LogP contribution in [-0.2, 0) is 9.84 Å². The summed E-state index contributed by atoms with van der Waals surface area (Å²) in [5.41, 5.74) is -0.0832. The van der Waals surface area contributed by atoms with Gasteiger partial charge in [0.2, 0.25) is 0 Å². The molecule has 0 saturated heterocycles. The lowest BCUT2D eigenvalue weighted by atomic mass is 9.83. The summed E-state index contributed by atoms with van der Waals surface area (Å²) in [7, 11) is 0.995. The Balaban J connectivity index is 2.45. The largest absolute Gasteiger partial charge is 0.356 e. The molecule has 142 valence electrons. The number of nitrogens with zero attached hydrogens (tertiary/aromatic N) is 2. The van der Waals surface area contributed by atoms with E-state index in [-0.39, 0.29) is 11.2 Å². The number of nitrogens with one attached hydrogen (secondary N) is 1. The zero-order chi connectivity index (χ0) is 18.4. The topological polar surface area (TPSA) is 61.8 Å². The second-order valence-electron chi connectivity index (χ2n) is 8.45. The highest BCUT2D eigenvalue weighted by Gasteiger charge is 2.23. The third-order valence-electron chi connectivity index (χ3n) is 5.12. The average Bonchev–Trinajstić information content (AvgIpc) is 2.48. The summed E-state index contributed by atoms with van der Waals surface area (Å²) < 4.78 is 22.7. The van der Waals surface area contributed by atoms with Gasteiger partial charge in [-0.05, 0) is 36.5 Å². The molecule has 1 aliphatic carbocycles. The van der Waals surface area contributed by atoms with Crippen molar-refractivity contribution in [2.24, 2.45) is 22.2 Å². The molecule has 0 heterocycles. The van der Waals surface area contributed by atoms with Crippen molar-refractivity contribution >= 4 is 15.8 Å². The van der Waals surface area contributed by atoms with Crippen molar-refractivity contribution in [2.75, 3.05) is 39.2 Å². The molecule has 0 atom stereocenters. The van der Waals surface area contributed by atoms with Gasteiger partial charge in [0.15, 0.2) is 5.96 Å². The summed E-state index contributed by atoms with van der Waals surface area (Å²) in [5, 5.41) is 3.43. The molecule has 0 unspecified atom stereocenters. The van der Waals surface area contributed by atoms with E-state index < -0.39 is 9.84 Å². The number of hydrogen-bond acceptors (Lipinski definition) is 3. The molecule has 24 heavy (non-hydrogen) atoms. The van der Waals surface area contributed by atoms with E-state index >= 15 is 0 Å². The molecule has 0 amide bonds. The van der Waals surface area contributed by atoms with Gasteiger partial charge in [-0.15, -0.1) is 0 Å². The minimum atomic E-state index is -2.91. The number of sulfone groups is 1. The van der Waals surface area contributed by atoms with Gasteiger partial charge in [0.25, 0.3) is 0 Å². The maximum absolute atomic E-state index is 11.4. The standard InChI is InChI=1S/C18H37N3O2S/c1-15-7-9-16(10-8-15)13-21(5)17(19-4)20-14-18(2,3)11-12-24(6,22)23/h15-16H,7-14H2,1-6H3,(H,19,20). The van der Waals surface area contributed by atoms with Crippen molar-refractivity contribution < 1.29 is 8.42 Å². The molecule has 6 heteroatoms. The highest BCUT2D eigenvalue weighted by Crippen LogP contribution is 2.28. The fraction of sp³-hybridized carbons (Fsp3) is 0.944. The van der Waals surface area contributed by atoms with Gasteiger partial charge in [-0.3, -0.25) is 4.99 Å². The SMILES string of the molecule is CN=C(NCC(C)(C)CCS(C)(=O)=O)N(C)CC1CCC(C)CC1. The molecule has 1 N–H and O–H groups in total. The van der Waals surface area contributed by atoms with Crippen LogP contribution in [0, 0.1) is 17.3 Å². The van der Waals surface area contributed by atoms with Crippen LogP contribution in [0.5, 0.6) is 0 Å². The zero-order valence-corrected chi connectivity index (χ0v) is 17.2. The van der Waals surface area contributed by atoms with E-state index in [0.29, 0.717) is 6.42 Å². The van der Waals surface area contributed by atoms with Crippen molar-refractivity contribution in [1.82, 2.24) is 10.2 Å². The van der Waals surface area contributed by atoms with E-state index in [4.69, 9.17) is 0 Å². The lowest BCUT2D eigenvalue weighted by Gasteiger charge is -2.33. The van der Waals surface area contributed by atoms with Crippen molar-refractivity contribution in [1.29, 1.82) is 0 Å². The number of aliphatic imine (C=N–C) groups is 1. The van der Waals surface area contributed by atoms with E-state index in [1.54, 1.807) is 0 Å². The van der Waals surface area contributed by atoms with Crippen LogP contribution in [-0.4, -0.2) is 58.5 Å². The minimum absolute atomic E-state index is 0.0832. The second kappa shape index (κ2) is 9.07. The van der Waals surface area contributed by atoms with E-state index in [0.717, 1.165) is 30.9 Å². The molecule has 0 aliphatic heterocycles. The van der Waals surface area contributed by atoms with Gasteiger partial charge in [-0.2, -0.15) is 0 Å². The predicted octanol–water partition coefficient (Wildman–Crippen LogP) is 2.78. The first-order valence-electron chi connectivity index (χ1n) is 9.12. The molecule has 0 aromatic rings. The van der Waals surface area contributed by atoms with Gasteiger partial charge in [-0.1, -0.05) is 33.6 Å². The van der Waals surface area contributed by atoms with Crippen molar-refractivity contribution in [3.8, 4) is 0 Å². The van der Waals surface area contributed by atoms with Gasteiger partial charge in [0.1, 0.15) is 9.84 Å².